The van der Waals surface area contributed by atoms with Gasteiger partial charge in [-0.1, -0.05) is 0 Å². The molecule has 0 unspecified atom stereocenters. The van der Waals surface area contributed by atoms with Crippen molar-refractivity contribution in [2.75, 3.05) is 0 Å². The number of H-pyrrole nitrogens is 1. The number of nitrogens with zero attached hydrogens (tertiary/aromatic N) is 2. The second-order valence-corrected chi connectivity index (χ2v) is 5.32. The van der Waals surface area contributed by atoms with Crippen LogP contribution in [0.25, 0.3) is 21.1 Å². The van der Waals surface area contributed by atoms with Crippen LogP contribution in [0.1, 0.15) is 10.6 Å². The van der Waals surface area contributed by atoms with Gasteiger partial charge in [-0.25, -0.2) is 4.98 Å². The smallest absolute Gasteiger partial charge is 0.266 e. The van der Waals surface area contributed by atoms with Gasteiger partial charge in [-0.2, -0.15) is 5.26 Å². The van der Waals surface area contributed by atoms with Gasteiger partial charge in [0.2, 0.25) is 5.91 Å². The van der Waals surface area contributed by atoms with Crippen LogP contribution in [0, 0.1) is 11.3 Å². The van der Waals surface area contributed by atoms with Crippen LogP contribution in [0.4, 0.5) is 0 Å². The number of fused-ring (bicyclic) bond motifs is 3. The van der Waals surface area contributed by atoms with E-state index >= 15 is 0 Å². The SMILES string of the molecule is N#Cc1cc2c(ccc3sc(CC([NH])=O)nc32)[nH]c1=O. The van der Waals surface area contributed by atoms with Crippen molar-refractivity contribution in [1.82, 2.24) is 15.7 Å². The summed E-state index contributed by atoms with van der Waals surface area (Å²) in [5, 5.41) is 10.1. The summed E-state index contributed by atoms with van der Waals surface area (Å²) in [6, 6.07) is 6.88. The molecule has 7 heteroatoms. The van der Waals surface area contributed by atoms with Gasteiger partial charge in [-0.3, -0.25) is 15.3 Å². The fourth-order valence-electron chi connectivity index (χ4n) is 2.01. The fraction of sp³-hybridized carbons (Fsp3) is 0.0769. The molecule has 2 aromatic heterocycles. The molecule has 3 aromatic rings. The van der Waals surface area contributed by atoms with Crippen LogP contribution in [-0.4, -0.2) is 15.9 Å². The molecule has 0 spiro atoms. The van der Waals surface area contributed by atoms with Gasteiger partial charge in [0.1, 0.15) is 16.6 Å². The molecule has 0 aliphatic carbocycles. The number of thiazole rings is 1. The molecule has 0 saturated heterocycles. The van der Waals surface area contributed by atoms with Crippen molar-refractivity contribution in [3.8, 4) is 6.07 Å². The summed E-state index contributed by atoms with van der Waals surface area (Å²) in [7, 11) is 0. The number of pyridine rings is 1. The average Bonchev–Trinajstić information content (AvgIpc) is 2.79. The molecule has 0 aliphatic heterocycles. The zero-order valence-electron chi connectivity index (χ0n) is 10.1. The largest absolute Gasteiger partial charge is 0.321 e. The number of carbonyl (C=O) groups is 1. The number of hydrogen-bond acceptors (Lipinski definition) is 5. The monoisotopic (exact) mass is 283 g/mol. The second-order valence-electron chi connectivity index (χ2n) is 4.21. The summed E-state index contributed by atoms with van der Waals surface area (Å²) >= 11 is 1.33. The maximum absolute atomic E-state index is 11.6. The van der Waals surface area contributed by atoms with Crippen LogP contribution in [0.5, 0.6) is 0 Å². The van der Waals surface area contributed by atoms with Crippen LogP contribution in [-0.2, 0) is 11.2 Å². The van der Waals surface area contributed by atoms with Gasteiger partial charge >= 0.3 is 0 Å². The van der Waals surface area contributed by atoms with E-state index < -0.39 is 11.5 Å². The standard InChI is InChI=1S/C13H7N4O2S/c14-5-6-3-7-8(16-13(6)19)1-2-9-12(7)17-11(20-9)4-10(15)18/h1-3,15H,4H2,(H,16,19). The van der Waals surface area contributed by atoms with E-state index in [-0.39, 0.29) is 12.0 Å². The van der Waals surface area contributed by atoms with Gasteiger partial charge < -0.3 is 4.98 Å². The van der Waals surface area contributed by atoms with E-state index in [1.807, 2.05) is 6.07 Å². The van der Waals surface area contributed by atoms with Crippen molar-refractivity contribution in [3.05, 3.63) is 39.1 Å². The molecule has 1 amide bonds. The summed E-state index contributed by atoms with van der Waals surface area (Å²) in [4.78, 5) is 29.4. The van der Waals surface area contributed by atoms with E-state index in [0.717, 1.165) is 4.70 Å². The number of amides is 1. The number of aromatic nitrogens is 2. The van der Waals surface area contributed by atoms with Crippen molar-refractivity contribution in [1.29, 1.82) is 5.26 Å². The van der Waals surface area contributed by atoms with Crippen LogP contribution in [0.3, 0.4) is 0 Å². The predicted molar refractivity (Wildman–Crippen MR) is 74.3 cm³/mol. The maximum atomic E-state index is 11.6. The van der Waals surface area contributed by atoms with Gasteiger partial charge in [0.25, 0.3) is 5.56 Å². The second kappa shape index (κ2) is 4.43. The molecule has 0 atom stereocenters. The Balaban J connectivity index is 2.34. The zero-order valence-corrected chi connectivity index (χ0v) is 10.9. The van der Waals surface area contributed by atoms with E-state index in [1.165, 1.54) is 17.4 Å². The third-order valence-corrected chi connectivity index (χ3v) is 3.88. The van der Waals surface area contributed by atoms with Crippen LogP contribution >= 0.6 is 11.3 Å². The lowest BCUT2D eigenvalue weighted by Crippen LogP contribution is -2.09. The minimum atomic E-state index is -0.695. The lowest BCUT2D eigenvalue weighted by Gasteiger charge is -1.98. The molecule has 6 nitrogen and oxygen atoms in total. The molecule has 1 aromatic carbocycles. The van der Waals surface area contributed by atoms with Gasteiger partial charge in [0.05, 0.1) is 22.2 Å². The highest BCUT2D eigenvalue weighted by Gasteiger charge is 2.11. The van der Waals surface area contributed by atoms with E-state index in [2.05, 4.69) is 9.97 Å². The predicted octanol–water partition coefficient (Wildman–Crippen LogP) is 1.36. The molecule has 2 N–H and O–H groups in total. The van der Waals surface area contributed by atoms with Crippen molar-refractivity contribution >= 4 is 38.4 Å². The van der Waals surface area contributed by atoms with E-state index in [1.54, 1.807) is 12.1 Å². The normalized spacial score (nSPS) is 10.8. The Labute approximate surface area is 116 Å². The van der Waals surface area contributed by atoms with Crippen molar-refractivity contribution < 1.29 is 4.79 Å². The van der Waals surface area contributed by atoms with Crippen molar-refractivity contribution in [2.45, 2.75) is 6.42 Å². The summed E-state index contributed by atoms with van der Waals surface area (Å²) in [6.45, 7) is 0. The number of nitriles is 1. The molecule has 0 fully saturated rings. The van der Waals surface area contributed by atoms with Gasteiger partial charge in [-0.05, 0) is 18.2 Å². The van der Waals surface area contributed by atoms with Gasteiger partial charge in [0, 0.05) is 5.39 Å². The third-order valence-electron chi connectivity index (χ3n) is 2.86. The Kier molecular flexibility index (Phi) is 2.73. The maximum Gasteiger partial charge on any atom is 0.266 e. The Bertz CT molecular complexity index is 949. The first-order valence-electron chi connectivity index (χ1n) is 5.68. The number of benzene rings is 1. The van der Waals surface area contributed by atoms with E-state index in [4.69, 9.17) is 11.0 Å². The molecule has 0 bridgehead atoms. The Hall–Kier alpha value is -2.72. The quantitative estimate of drug-likeness (QED) is 0.765. The molecule has 3 rings (SSSR count). The highest BCUT2D eigenvalue weighted by atomic mass is 32.1. The number of hydrogen-bond donors (Lipinski definition) is 1. The summed E-state index contributed by atoms with van der Waals surface area (Å²) in [5.74, 6) is -0.695. The minimum Gasteiger partial charge on any atom is -0.321 e. The topological polar surface area (TPSA) is 110 Å². The Morgan fingerprint density at radius 1 is 1.50 bits per heavy atom. The fourth-order valence-corrected chi connectivity index (χ4v) is 2.99. The molecule has 20 heavy (non-hydrogen) atoms. The first-order valence-corrected chi connectivity index (χ1v) is 6.50. The van der Waals surface area contributed by atoms with Gasteiger partial charge in [-0.15, -0.1) is 11.3 Å². The van der Waals surface area contributed by atoms with E-state index in [0.29, 0.717) is 21.4 Å². The molecule has 2 heterocycles. The molecule has 0 aliphatic rings. The highest BCUT2D eigenvalue weighted by molar-refractivity contribution is 7.18. The highest BCUT2D eigenvalue weighted by Crippen LogP contribution is 2.28. The number of carbonyl (C=O) groups excluding carboxylic acids is 1. The van der Waals surface area contributed by atoms with Crippen molar-refractivity contribution in [3.63, 3.8) is 0 Å². The number of nitrogens with one attached hydrogen (secondary N) is 2. The summed E-state index contributed by atoms with van der Waals surface area (Å²) in [6.07, 6.45) is -0.0324. The Morgan fingerprint density at radius 3 is 3.00 bits per heavy atom. The van der Waals surface area contributed by atoms with Crippen LogP contribution in [0.15, 0.2) is 23.0 Å². The van der Waals surface area contributed by atoms with Crippen molar-refractivity contribution in [2.24, 2.45) is 0 Å². The number of rotatable bonds is 2. The Morgan fingerprint density at radius 2 is 2.30 bits per heavy atom. The average molecular weight is 283 g/mol. The third kappa shape index (κ3) is 1.92. The van der Waals surface area contributed by atoms with Crippen LogP contribution in [0.2, 0.25) is 0 Å². The molecular formula is C13H7N4O2S. The van der Waals surface area contributed by atoms with Gasteiger partial charge in [0.15, 0.2) is 0 Å². The molecule has 1 radical (unpaired) electrons. The molecule has 97 valence electrons. The first-order chi connectivity index (χ1) is 9.58. The molecule has 0 saturated carbocycles. The first kappa shape index (κ1) is 12.3. The summed E-state index contributed by atoms with van der Waals surface area (Å²) < 4.78 is 0.852. The minimum absolute atomic E-state index is 0.0242. The van der Waals surface area contributed by atoms with E-state index in [9.17, 15) is 9.59 Å². The summed E-state index contributed by atoms with van der Waals surface area (Å²) in [5.41, 5.74) is 7.80. The lowest BCUT2D eigenvalue weighted by atomic mass is 10.1. The lowest BCUT2D eigenvalue weighted by molar-refractivity contribution is -0.118. The number of aromatic amines is 1. The van der Waals surface area contributed by atoms with Crippen LogP contribution < -0.4 is 11.3 Å². The molecular weight excluding hydrogens is 276 g/mol. The zero-order chi connectivity index (χ0) is 14.3.